The first kappa shape index (κ1) is 18.4. The fourth-order valence-corrected chi connectivity index (χ4v) is 10.5. The Labute approximate surface area is 190 Å². The molecule has 4 aliphatic rings. The number of nitrogens with one attached hydrogen (secondary N) is 1. The summed E-state index contributed by atoms with van der Waals surface area (Å²) in [7, 11) is 0. The molecule has 2 bridgehead atoms. The number of nitrogens with zero attached hydrogens (tertiary/aromatic N) is 1. The van der Waals surface area contributed by atoms with Gasteiger partial charge in [0.05, 0.1) is 22.5 Å². The molecule has 2 saturated carbocycles. The van der Waals surface area contributed by atoms with Gasteiger partial charge in [0, 0.05) is 20.9 Å². The van der Waals surface area contributed by atoms with Crippen LogP contribution in [0.2, 0.25) is 0 Å². The summed E-state index contributed by atoms with van der Waals surface area (Å²) in [5.74, 6) is 0.224. The van der Waals surface area contributed by atoms with Crippen molar-refractivity contribution in [1.29, 1.82) is 0 Å². The van der Waals surface area contributed by atoms with Gasteiger partial charge >= 0.3 is 4.87 Å². The van der Waals surface area contributed by atoms with E-state index in [0.29, 0.717) is 5.69 Å². The average molecular weight is 467 g/mol. The third-order valence-corrected chi connectivity index (χ3v) is 11.1. The van der Waals surface area contributed by atoms with E-state index >= 15 is 0 Å². The first-order valence-corrected chi connectivity index (χ1v) is 13.1. The van der Waals surface area contributed by atoms with Gasteiger partial charge in [0.1, 0.15) is 0 Å². The highest BCUT2D eigenvalue weighted by atomic mass is 32.2. The number of anilines is 1. The zero-order valence-electron chi connectivity index (χ0n) is 16.3. The molecule has 0 radical (unpaired) electrons. The number of fused-ring (bicyclic) bond motifs is 9. The predicted molar refractivity (Wildman–Crippen MR) is 122 cm³/mol. The lowest BCUT2D eigenvalue weighted by atomic mass is 9.69. The SMILES string of the molecule is O=C1[C@H]2[C@H]3C[C@@H]([C@@H]4Sc5[nH]c(=O)sc5[C@H](c5cccs5)[C@@H]34)[C@@H]2C(=O)N1c1ccccc1. The quantitative estimate of drug-likeness (QED) is 0.576. The number of aromatic amines is 1. The minimum atomic E-state index is -0.237. The van der Waals surface area contributed by atoms with E-state index in [4.69, 9.17) is 0 Å². The maximum atomic E-state index is 13.6. The summed E-state index contributed by atoms with van der Waals surface area (Å²) >= 11 is 4.77. The van der Waals surface area contributed by atoms with Crippen LogP contribution >= 0.6 is 34.4 Å². The Hall–Kier alpha value is -2.16. The molecule has 2 aliphatic carbocycles. The Morgan fingerprint density at radius 3 is 2.45 bits per heavy atom. The Kier molecular flexibility index (Phi) is 3.82. The summed E-state index contributed by atoms with van der Waals surface area (Å²) in [6.07, 6.45) is 0.929. The number of H-pyrrole nitrogens is 1. The highest BCUT2D eigenvalue weighted by Gasteiger charge is 2.69. The highest BCUT2D eigenvalue weighted by Crippen LogP contribution is 2.68. The van der Waals surface area contributed by atoms with Crippen molar-refractivity contribution in [2.24, 2.45) is 29.6 Å². The van der Waals surface area contributed by atoms with Crippen molar-refractivity contribution in [3.05, 3.63) is 67.3 Å². The van der Waals surface area contributed by atoms with Gasteiger partial charge in [0.25, 0.3) is 0 Å². The van der Waals surface area contributed by atoms with Crippen LogP contribution in [0.4, 0.5) is 5.69 Å². The lowest BCUT2D eigenvalue weighted by Gasteiger charge is -2.42. The number of rotatable bonds is 2. The number of hydrogen-bond donors (Lipinski definition) is 1. The number of imide groups is 1. The normalized spacial score (nSPS) is 35.4. The van der Waals surface area contributed by atoms with E-state index in [1.54, 1.807) is 23.1 Å². The second kappa shape index (κ2) is 6.43. The number of thiophene rings is 1. The summed E-state index contributed by atoms with van der Waals surface area (Å²) in [4.78, 5) is 46.1. The van der Waals surface area contributed by atoms with E-state index in [9.17, 15) is 14.4 Å². The zero-order chi connectivity index (χ0) is 20.9. The number of amides is 2. The molecule has 5 nitrogen and oxygen atoms in total. The standard InChI is InChI=1S/C23H18N2O3S3/c26-21-15-11-9-12(16(15)22(27)25(21)10-5-2-1-3-6-10)18-14(11)17(13-7-4-8-29-13)19-20(30-18)24-23(28)31-19/h1-8,11-12,14-18H,9H2,(H,24,28)/t11-,12+,14+,15-,16-,17+,18-/m0/s1. The summed E-state index contributed by atoms with van der Waals surface area (Å²) in [6, 6.07) is 13.5. The number of para-hydroxylation sites is 1. The van der Waals surface area contributed by atoms with Gasteiger partial charge in [-0.25, -0.2) is 0 Å². The molecular formula is C23H18N2O3S3. The molecule has 2 amide bonds. The molecule has 2 aromatic heterocycles. The van der Waals surface area contributed by atoms with Crippen LogP contribution in [0, 0.1) is 29.6 Å². The topological polar surface area (TPSA) is 70.2 Å². The largest absolute Gasteiger partial charge is 0.307 e. The Morgan fingerprint density at radius 1 is 0.935 bits per heavy atom. The van der Waals surface area contributed by atoms with E-state index in [2.05, 4.69) is 22.5 Å². The van der Waals surface area contributed by atoms with Crippen molar-refractivity contribution in [1.82, 2.24) is 4.98 Å². The Bertz CT molecular complexity index is 1260. The van der Waals surface area contributed by atoms with Gasteiger partial charge in [-0.1, -0.05) is 35.6 Å². The number of thiazole rings is 1. The van der Waals surface area contributed by atoms with Crippen molar-refractivity contribution >= 4 is 51.9 Å². The predicted octanol–water partition coefficient (Wildman–Crippen LogP) is 4.18. The van der Waals surface area contributed by atoms with E-state index in [0.717, 1.165) is 16.3 Å². The summed E-state index contributed by atoms with van der Waals surface area (Å²) in [5, 5.41) is 3.30. The maximum Gasteiger partial charge on any atom is 0.305 e. The molecular weight excluding hydrogens is 448 g/mol. The van der Waals surface area contributed by atoms with Gasteiger partial charge in [-0.15, -0.1) is 23.1 Å². The maximum absolute atomic E-state index is 13.6. The van der Waals surface area contributed by atoms with Crippen LogP contribution in [0.15, 0.2) is 57.7 Å². The van der Waals surface area contributed by atoms with Crippen LogP contribution in [0.1, 0.15) is 22.1 Å². The minimum absolute atomic E-state index is 0.0195. The second-order valence-electron chi connectivity index (χ2n) is 8.82. The number of thioether (sulfide) groups is 1. The fourth-order valence-electron chi connectivity index (χ4n) is 6.64. The van der Waals surface area contributed by atoms with Crippen molar-refractivity contribution < 1.29 is 9.59 Å². The molecule has 3 aromatic rings. The molecule has 8 heteroatoms. The molecule has 3 fully saturated rings. The average Bonchev–Trinajstić information content (AvgIpc) is 3.56. The van der Waals surface area contributed by atoms with Gasteiger partial charge < -0.3 is 4.98 Å². The first-order chi connectivity index (χ1) is 15.1. The summed E-state index contributed by atoms with van der Waals surface area (Å²) < 4.78 is 0. The summed E-state index contributed by atoms with van der Waals surface area (Å²) in [5.41, 5.74) is 0.681. The highest BCUT2D eigenvalue weighted by molar-refractivity contribution is 8.00. The van der Waals surface area contributed by atoms with Crippen molar-refractivity contribution in [3.8, 4) is 0 Å². The van der Waals surface area contributed by atoms with E-state index in [1.807, 2.05) is 30.3 Å². The molecule has 7 rings (SSSR count). The lowest BCUT2D eigenvalue weighted by molar-refractivity contribution is -0.123. The molecule has 0 spiro atoms. The number of carbonyl (C=O) groups excluding carboxylic acids is 2. The number of carbonyl (C=O) groups is 2. The van der Waals surface area contributed by atoms with E-state index in [-0.39, 0.29) is 57.4 Å². The molecule has 156 valence electrons. The van der Waals surface area contributed by atoms with Gasteiger partial charge in [-0.3, -0.25) is 19.3 Å². The Morgan fingerprint density at radius 2 is 1.71 bits per heavy atom. The van der Waals surface area contributed by atoms with Crippen LogP contribution < -0.4 is 9.77 Å². The minimum Gasteiger partial charge on any atom is -0.307 e. The van der Waals surface area contributed by atoms with E-state index < -0.39 is 0 Å². The van der Waals surface area contributed by atoms with Crippen LogP contribution in [0.25, 0.3) is 0 Å². The molecule has 1 N–H and O–H groups in total. The molecule has 2 aliphatic heterocycles. The summed E-state index contributed by atoms with van der Waals surface area (Å²) in [6.45, 7) is 0. The second-order valence-corrected chi connectivity index (χ2v) is 12.0. The van der Waals surface area contributed by atoms with E-state index in [1.165, 1.54) is 21.1 Å². The van der Waals surface area contributed by atoms with Crippen LogP contribution in [-0.2, 0) is 9.59 Å². The van der Waals surface area contributed by atoms with Crippen molar-refractivity contribution in [2.45, 2.75) is 22.6 Å². The monoisotopic (exact) mass is 466 g/mol. The molecule has 0 unspecified atom stereocenters. The zero-order valence-corrected chi connectivity index (χ0v) is 18.7. The van der Waals surface area contributed by atoms with Gasteiger partial charge in [-0.2, -0.15) is 0 Å². The number of benzene rings is 1. The number of hydrogen-bond acceptors (Lipinski definition) is 6. The molecule has 31 heavy (non-hydrogen) atoms. The van der Waals surface area contributed by atoms with Crippen LogP contribution in [-0.4, -0.2) is 22.0 Å². The Balaban J connectivity index is 1.34. The van der Waals surface area contributed by atoms with Crippen LogP contribution in [0.3, 0.4) is 0 Å². The molecule has 1 aromatic carbocycles. The van der Waals surface area contributed by atoms with Gasteiger partial charge in [0.2, 0.25) is 11.8 Å². The van der Waals surface area contributed by atoms with Crippen LogP contribution in [0.5, 0.6) is 0 Å². The van der Waals surface area contributed by atoms with Gasteiger partial charge in [-0.05, 0) is 47.8 Å². The molecule has 1 saturated heterocycles. The third-order valence-electron chi connectivity index (χ3n) is 7.59. The number of aromatic nitrogens is 1. The smallest absolute Gasteiger partial charge is 0.305 e. The molecule has 4 heterocycles. The third kappa shape index (κ3) is 2.36. The van der Waals surface area contributed by atoms with Crippen molar-refractivity contribution in [2.75, 3.05) is 4.90 Å². The van der Waals surface area contributed by atoms with Gasteiger partial charge in [0.15, 0.2) is 0 Å². The lowest BCUT2D eigenvalue weighted by Crippen LogP contribution is -2.42. The van der Waals surface area contributed by atoms with Crippen molar-refractivity contribution in [3.63, 3.8) is 0 Å². The molecule has 7 atom stereocenters. The fraction of sp³-hybridized carbons (Fsp3) is 0.348. The first-order valence-electron chi connectivity index (χ1n) is 10.5.